The molecule has 0 fully saturated rings. The van der Waals surface area contributed by atoms with Gasteiger partial charge in [-0.05, 0) is 24.1 Å². The van der Waals surface area contributed by atoms with Crippen LogP contribution >= 0.6 is 0 Å². The quantitative estimate of drug-likeness (QED) is 0.865. The zero-order valence-electron chi connectivity index (χ0n) is 11.3. The van der Waals surface area contributed by atoms with Gasteiger partial charge in [-0.15, -0.1) is 0 Å². The van der Waals surface area contributed by atoms with E-state index in [1.807, 2.05) is 24.3 Å². The molecule has 0 saturated carbocycles. The Hall–Kier alpha value is -2.00. The van der Waals surface area contributed by atoms with E-state index in [0.29, 0.717) is 12.3 Å². The standard InChI is InChI=1S/C16H19NO2/c1-12-5-3-4-6-13(12)10-17-11-14-7-8-15(19-2)9-16(14)18/h3-9,17-18H,10-11H2,1-2H3. The molecule has 0 atom stereocenters. The number of ether oxygens (including phenoxy) is 1. The van der Waals surface area contributed by atoms with Gasteiger partial charge in [0.2, 0.25) is 0 Å². The molecule has 0 bridgehead atoms. The largest absolute Gasteiger partial charge is 0.507 e. The number of nitrogens with one attached hydrogen (secondary N) is 1. The van der Waals surface area contributed by atoms with Crippen LogP contribution < -0.4 is 10.1 Å². The molecule has 2 N–H and O–H groups in total. The summed E-state index contributed by atoms with van der Waals surface area (Å²) in [6.07, 6.45) is 0. The maximum absolute atomic E-state index is 9.85. The van der Waals surface area contributed by atoms with Crippen LogP contribution in [0.3, 0.4) is 0 Å². The lowest BCUT2D eigenvalue weighted by Crippen LogP contribution is -2.13. The molecule has 2 rings (SSSR count). The van der Waals surface area contributed by atoms with Crippen molar-refractivity contribution in [2.75, 3.05) is 7.11 Å². The van der Waals surface area contributed by atoms with Crippen LogP contribution in [0.25, 0.3) is 0 Å². The summed E-state index contributed by atoms with van der Waals surface area (Å²) in [6.45, 7) is 3.52. The zero-order chi connectivity index (χ0) is 13.7. The summed E-state index contributed by atoms with van der Waals surface area (Å²) >= 11 is 0. The van der Waals surface area contributed by atoms with Crippen molar-refractivity contribution in [1.82, 2.24) is 5.32 Å². The SMILES string of the molecule is COc1ccc(CNCc2ccccc2C)c(O)c1. The Labute approximate surface area is 113 Å². The summed E-state index contributed by atoms with van der Waals surface area (Å²) in [7, 11) is 1.59. The third kappa shape index (κ3) is 3.48. The fourth-order valence-electron chi connectivity index (χ4n) is 1.96. The molecule has 19 heavy (non-hydrogen) atoms. The molecule has 0 heterocycles. The predicted octanol–water partition coefficient (Wildman–Crippen LogP) is 3.00. The van der Waals surface area contributed by atoms with Crippen LogP contribution in [0.15, 0.2) is 42.5 Å². The Balaban J connectivity index is 1.94. The van der Waals surface area contributed by atoms with Crippen molar-refractivity contribution in [2.45, 2.75) is 20.0 Å². The molecule has 100 valence electrons. The molecule has 0 radical (unpaired) electrons. The topological polar surface area (TPSA) is 41.5 Å². The molecule has 2 aromatic carbocycles. The number of phenols is 1. The van der Waals surface area contributed by atoms with Gasteiger partial charge in [-0.3, -0.25) is 0 Å². The molecule has 0 unspecified atom stereocenters. The van der Waals surface area contributed by atoms with Crippen LogP contribution in [0, 0.1) is 6.92 Å². The highest BCUT2D eigenvalue weighted by Gasteiger charge is 2.03. The van der Waals surface area contributed by atoms with Crippen LogP contribution in [-0.4, -0.2) is 12.2 Å². The molecule has 0 aliphatic carbocycles. The van der Waals surface area contributed by atoms with Gasteiger partial charge in [0.05, 0.1) is 7.11 Å². The van der Waals surface area contributed by atoms with Gasteiger partial charge in [-0.1, -0.05) is 30.3 Å². The first-order chi connectivity index (χ1) is 9.20. The molecule has 0 spiro atoms. The summed E-state index contributed by atoms with van der Waals surface area (Å²) in [5, 5.41) is 13.2. The molecule has 0 aromatic heterocycles. The fraction of sp³-hybridized carbons (Fsp3) is 0.250. The summed E-state index contributed by atoms with van der Waals surface area (Å²) in [5.74, 6) is 0.928. The number of phenolic OH excluding ortho intramolecular Hbond substituents is 1. The number of methoxy groups -OCH3 is 1. The normalized spacial score (nSPS) is 10.4. The molecule has 0 saturated heterocycles. The van der Waals surface area contributed by atoms with E-state index < -0.39 is 0 Å². The highest BCUT2D eigenvalue weighted by atomic mass is 16.5. The second-order valence-electron chi connectivity index (χ2n) is 4.52. The van der Waals surface area contributed by atoms with E-state index >= 15 is 0 Å². The van der Waals surface area contributed by atoms with Crippen molar-refractivity contribution in [3.05, 3.63) is 59.2 Å². The summed E-state index contributed by atoms with van der Waals surface area (Å²) in [6, 6.07) is 13.6. The Bertz CT molecular complexity index is 552. The first-order valence-corrected chi connectivity index (χ1v) is 6.32. The molecular formula is C16H19NO2. The number of rotatable bonds is 5. The number of hydrogen-bond donors (Lipinski definition) is 2. The minimum Gasteiger partial charge on any atom is -0.507 e. The highest BCUT2D eigenvalue weighted by molar-refractivity contribution is 5.39. The Morgan fingerprint density at radius 1 is 1.05 bits per heavy atom. The number of benzene rings is 2. The second-order valence-corrected chi connectivity index (χ2v) is 4.52. The van der Waals surface area contributed by atoms with E-state index in [1.165, 1.54) is 11.1 Å². The summed E-state index contributed by atoms with van der Waals surface area (Å²) < 4.78 is 5.06. The van der Waals surface area contributed by atoms with Crippen LogP contribution in [-0.2, 0) is 13.1 Å². The Morgan fingerprint density at radius 3 is 2.47 bits per heavy atom. The van der Waals surface area contributed by atoms with Crippen molar-refractivity contribution in [3.8, 4) is 11.5 Å². The van der Waals surface area contributed by atoms with Gasteiger partial charge in [0, 0.05) is 24.7 Å². The molecule has 2 aromatic rings. The number of hydrogen-bond acceptors (Lipinski definition) is 3. The third-order valence-electron chi connectivity index (χ3n) is 3.18. The maximum Gasteiger partial charge on any atom is 0.123 e. The van der Waals surface area contributed by atoms with Crippen LogP contribution in [0.5, 0.6) is 11.5 Å². The van der Waals surface area contributed by atoms with Crippen molar-refractivity contribution < 1.29 is 9.84 Å². The maximum atomic E-state index is 9.85. The smallest absolute Gasteiger partial charge is 0.123 e. The van der Waals surface area contributed by atoms with Crippen molar-refractivity contribution in [1.29, 1.82) is 0 Å². The molecule has 0 aliphatic rings. The molecule has 3 nitrogen and oxygen atoms in total. The Morgan fingerprint density at radius 2 is 1.79 bits per heavy atom. The lowest BCUT2D eigenvalue weighted by atomic mass is 10.1. The van der Waals surface area contributed by atoms with Crippen LogP contribution in [0.4, 0.5) is 0 Å². The highest BCUT2D eigenvalue weighted by Crippen LogP contribution is 2.23. The lowest BCUT2D eigenvalue weighted by molar-refractivity contribution is 0.406. The van der Waals surface area contributed by atoms with E-state index in [-0.39, 0.29) is 5.75 Å². The van der Waals surface area contributed by atoms with Gasteiger partial charge in [-0.25, -0.2) is 0 Å². The molecular weight excluding hydrogens is 238 g/mol. The molecule has 3 heteroatoms. The van der Waals surface area contributed by atoms with Crippen molar-refractivity contribution in [2.24, 2.45) is 0 Å². The van der Waals surface area contributed by atoms with Gasteiger partial charge in [0.15, 0.2) is 0 Å². The number of aromatic hydroxyl groups is 1. The van der Waals surface area contributed by atoms with Gasteiger partial charge in [-0.2, -0.15) is 0 Å². The predicted molar refractivity (Wildman–Crippen MR) is 76.4 cm³/mol. The average molecular weight is 257 g/mol. The monoisotopic (exact) mass is 257 g/mol. The number of aryl methyl sites for hydroxylation is 1. The van der Waals surface area contributed by atoms with E-state index in [0.717, 1.165) is 12.1 Å². The van der Waals surface area contributed by atoms with E-state index in [9.17, 15) is 5.11 Å². The van der Waals surface area contributed by atoms with Gasteiger partial charge in [0.25, 0.3) is 0 Å². The summed E-state index contributed by atoms with van der Waals surface area (Å²) in [4.78, 5) is 0. The zero-order valence-corrected chi connectivity index (χ0v) is 11.3. The summed E-state index contributed by atoms with van der Waals surface area (Å²) in [5.41, 5.74) is 3.42. The van der Waals surface area contributed by atoms with Gasteiger partial charge >= 0.3 is 0 Å². The molecule has 0 aliphatic heterocycles. The lowest BCUT2D eigenvalue weighted by Gasteiger charge is -2.10. The van der Waals surface area contributed by atoms with E-state index in [4.69, 9.17) is 4.74 Å². The average Bonchev–Trinajstić information content (AvgIpc) is 2.42. The van der Waals surface area contributed by atoms with Crippen LogP contribution in [0.1, 0.15) is 16.7 Å². The minimum absolute atomic E-state index is 0.261. The third-order valence-corrected chi connectivity index (χ3v) is 3.18. The van der Waals surface area contributed by atoms with Crippen LogP contribution in [0.2, 0.25) is 0 Å². The first-order valence-electron chi connectivity index (χ1n) is 6.32. The second kappa shape index (κ2) is 6.25. The Kier molecular flexibility index (Phi) is 4.42. The fourth-order valence-corrected chi connectivity index (χ4v) is 1.96. The minimum atomic E-state index is 0.261. The van der Waals surface area contributed by atoms with Gasteiger partial charge in [0.1, 0.15) is 11.5 Å². The molecule has 0 amide bonds. The van der Waals surface area contributed by atoms with E-state index in [2.05, 4.69) is 24.4 Å². The first kappa shape index (κ1) is 13.4. The van der Waals surface area contributed by atoms with Crippen molar-refractivity contribution >= 4 is 0 Å². The van der Waals surface area contributed by atoms with Gasteiger partial charge < -0.3 is 15.2 Å². The van der Waals surface area contributed by atoms with E-state index in [1.54, 1.807) is 13.2 Å². The van der Waals surface area contributed by atoms with Crippen molar-refractivity contribution in [3.63, 3.8) is 0 Å².